The first kappa shape index (κ1) is 81.1. The fraction of sp³-hybridized carbons (Fsp3) is 0.200. The van der Waals surface area contributed by atoms with Gasteiger partial charge in [-0.3, -0.25) is 0 Å². The molecule has 19 rings (SSSR count). The minimum Gasteiger partial charge on any atom is -1.00 e. The normalized spacial score (nSPS) is 14.2. The second-order valence-electron chi connectivity index (χ2n) is 33.7. The van der Waals surface area contributed by atoms with Gasteiger partial charge in [-0.05, 0) is 275 Å². The summed E-state index contributed by atoms with van der Waals surface area (Å²) in [5.41, 5.74) is 33.7. The number of rotatable bonds is 12. The largest absolute Gasteiger partial charge is 2.00 e. The molecule has 11 aromatic carbocycles. The maximum atomic E-state index is 13.0. The molecule has 0 atom stereocenters. The average molecular weight is 1680 g/mol. The van der Waals surface area contributed by atoms with E-state index in [2.05, 4.69) is 335 Å². The van der Waals surface area contributed by atoms with Gasteiger partial charge < -0.3 is 22.5 Å². The van der Waals surface area contributed by atoms with E-state index < -0.39 is 11.2 Å². The van der Waals surface area contributed by atoms with Crippen molar-refractivity contribution in [2.24, 2.45) is 0 Å². The van der Waals surface area contributed by atoms with Crippen LogP contribution in [0.3, 0.4) is 0 Å². The van der Waals surface area contributed by atoms with E-state index in [1.165, 1.54) is 109 Å². The van der Waals surface area contributed by atoms with E-state index >= 15 is 0 Å². The van der Waals surface area contributed by atoms with Crippen molar-refractivity contribution in [3.05, 3.63) is 385 Å². The zero-order valence-electron chi connectivity index (χ0n) is 70.6. The molecule has 4 aliphatic carbocycles. The van der Waals surface area contributed by atoms with E-state index in [4.69, 9.17) is 9.47 Å². The van der Waals surface area contributed by atoms with Crippen LogP contribution in [0.4, 0.5) is 0 Å². The summed E-state index contributed by atoms with van der Waals surface area (Å²) in [6.45, 7) is 29.0. The molecule has 2 N–H and O–H groups in total. The van der Waals surface area contributed by atoms with Crippen LogP contribution >= 0.6 is 61.3 Å². The summed E-state index contributed by atoms with van der Waals surface area (Å²) >= 11 is 9.86. The molecular formula is C105H93BrMgO6S4. The SMILES string of the molecule is COC(=O)c1ccsc1-c1ccc2c(c1)C(C)(C)c1cc3c(cc1-2)C(C)(C)c1cc(-c2sccc2C(=O)OC)ccc1-3.Cc1ccc(Br)cc1.Cc1ccc(C(O)(c2ccc(C)cc2)c2ccsc2-c2ccc3c(c2)C(C)(C)c2cc4c(cc2-3)C(C)(C)c2cc(-c3sccc3C(O)(c3ccc(C)cc3)c3ccc(C)cc3)ccc2-4)cc1.[H-].[H-].[Mg+2]. The Hall–Kier alpha value is -9.67. The molecule has 0 saturated heterocycles. The van der Waals surface area contributed by atoms with Gasteiger partial charge in [-0.15, -0.1) is 45.3 Å². The van der Waals surface area contributed by atoms with E-state index in [0.29, 0.717) is 11.1 Å². The Labute approximate surface area is 730 Å². The minimum atomic E-state index is -1.33. The molecule has 4 heterocycles. The number of carbonyl (C=O) groups is 2. The quantitative estimate of drug-likeness (QED) is 0.0935. The van der Waals surface area contributed by atoms with Gasteiger partial charge in [0.15, 0.2) is 0 Å². The van der Waals surface area contributed by atoms with Gasteiger partial charge >= 0.3 is 35.0 Å². The van der Waals surface area contributed by atoms with Crippen LogP contribution in [0.2, 0.25) is 0 Å². The first-order chi connectivity index (χ1) is 55.5. The van der Waals surface area contributed by atoms with Crippen LogP contribution in [0, 0.1) is 34.6 Å². The van der Waals surface area contributed by atoms with Gasteiger partial charge in [-0.1, -0.05) is 257 Å². The summed E-state index contributed by atoms with van der Waals surface area (Å²) in [6, 6.07) is 86.2. The number of aryl methyl sites for hydroxylation is 5. The van der Waals surface area contributed by atoms with E-state index in [1.54, 1.807) is 45.3 Å². The number of thiophene rings is 4. The second-order valence-corrected chi connectivity index (χ2v) is 38.3. The van der Waals surface area contributed by atoms with Crippen LogP contribution < -0.4 is 0 Å². The van der Waals surface area contributed by atoms with Crippen LogP contribution in [0.5, 0.6) is 0 Å². The Morgan fingerprint density at radius 3 is 0.778 bits per heavy atom. The van der Waals surface area contributed by atoms with Gasteiger partial charge in [0.1, 0.15) is 11.2 Å². The number of benzene rings is 11. The van der Waals surface area contributed by atoms with E-state index in [-0.39, 0.29) is 59.5 Å². The minimum absolute atomic E-state index is 0. The number of hydrogen-bond donors (Lipinski definition) is 2. The molecule has 0 radical (unpaired) electrons. The van der Waals surface area contributed by atoms with Crippen molar-refractivity contribution >= 4 is 96.3 Å². The van der Waals surface area contributed by atoms with Crippen LogP contribution in [0.25, 0.3) is 86.3 Å². The van der Waals surface area contributed by atoms with E-state index in [1.807, 2.05) is 35.0 Å². The number of carbonyl (C=O) groups excluding carboxylic acids is 2. The van der Waals surface area contributed by atoms with Crippen molar-refractivity contribution in [3.8, 4) is 86.3 Å². The molecule has 6 nitrogen and oxygen atoms in total. The third-order valence-corrected chi connectivity index (χ3v) is 29.5. The van der Waals surface area contributed by atoms with Gasteiger partial charge in [0, 0.05) is 56.8 Å². The molecule has 117 heavy (non-hydrogen) atoms. The van der Waals surface area contributed by atoms with Crippen molar-refractivity contribution < 1.29 is 32.1 Å². The predicted molar refractivity (Wildman–Crippen MR) is 495 cm³/mol. The third-order valence-electron chi connectivity index (χ3n) is 25.1. The number of ether oxygens (including phenoxy) is 2. The van der Waals surface area contributed by atoms with Crippen molar-refractivity contribution in [2.45, 2.75) is 123 Å². The Morgan fingerprint density at radius 2 is 0.530 bits per heavy atom. The van der Waals surface area contributed by atoms with Crippen LogP contribution in [-0.4, -0.2) is 59.4 Å². The van der Waals surface area contributed by atoms with Gasteiger partial charge in [0.05, 0.1) is 25.3 Å². The molecular weight excluding hydrogens is 1590 g/mol. The molecule has 0 fully saturated rings. The summed E-state index contributed by atoms with van der Waals surface area (Å²) in [6.07, 6.45) is 0. The smallest absolute Gasteiger partial charge is 1.00 e. The Bertz CT molecular complexity index is 5960. The first-order valence-corrected chi connectivity index (χ1v) is 43.7. The molecule has 15 aromatic rings. The molecule has 4 aromatic heterocycles. The van der Waals surface area contributed by atoms with Gasteiger partial charge in [0.25, 0.3) is 0 Å². The van der Waals surface area contributed by atoms with Gasteiger partial charge in [-0.25, -0.2) is 9.59 Å². The number of hydrogen-bond acceptors (Lipinski definition) is 10. The van der Waals surface area contributed by atoms with Crippen LogP contribution in [-0.2, 0) is 42.3 Å². The summed E-state index contributed by atoms with van der Waals surface area (Å²) in [4.78, 5) is 28.8. The molecule has 0 aliphatic heterocycles. The topological polar surface area (TPSA) is 93.1 Å². The Balaban J connectivity index is 0.000000187. The Morgan fingerprint density at radius 1 is 0.308 bits per heavy atom. The molecule has 0 unspecified atom stereocenters. The number of esters is 2. The monoisotopic (exact) mass is 1680 g/mol. The summed E-state index contributed by atoms with van der Waals surface area (Å²) < 4.78 is 11.2. The summed E-state index contributed by atoms with van der Waals surface area (Å²) in [5, 5.41) is 34.2. The van der Waals surface area contributed by atoms with Crippen LogP contribution in [0.1, 0.15) is 185 Å². The molecule has 0 saturated carbocycles. The fourth-order valence-electron chi connectivity index (χ4n) is 18.4. The van der Waals surface area contributed by atoms with Crippen molar-refractivity contribution in [3.63, 3.8) is 0 Å². The fourth-order valence-corrected chi connectivity index (χ4v) is 22.3. The predicted octanol–water partition coefficient (Wildman–Crippen LogP) is 27.5. The zero-order valence-corrected chi connectivity index (χ0v) is 74.9. The number of aliphatic hydroxyl groups is 2. The average Bonchev–Trinajstić information content (AvgIpc) is 1.55. The molecule has 12 heteroatoms. The molecule has 0 spiro atoms. The maximum absolute atomic E-state index is 13.0. The number of methoxy groups -OCH3 is 2. The molecule has 0 amide bonds. The van der Waals surface area contributed by atoms with Crippen molar-refractivity contribution in [1.29, 1.82) is 0 Å². The maximum Gasteiger partial charge on any atom is 2.00 e. The molecule has 0 bridgehead atoms. The van der Waals surface area contributed by atoms with Crippen molar-refractivity contribution in [2.75, 3.05) is 14.2 Å². The van der Waals surface area contributed by atoms with Gasteiger partial charge in [-0.2, -0.15) is 0 Å². The molecule has 582 valence electrons. The Kier molecular flexibility index (Phi) is 21.2. The zero-order chi connectivity index (χ0) is 81.4. The van der Waals surface area contributed by atoms with E-state index in [9.17, 15) is 19.8 Å². The van der Waals surface area contributed by atoms with E-state index in [0.717, 1.165) is 102 Å². The van der Waals surface area contributed by atoms with Gasteiger partial charge in [0.2, 0.25) is 0 Å². The number of halogens is 1. The first-order valence-electron chi connectivity index (χ1n) is 39.4. The third kappa shape index (κ3) is 13.5. The second kappa shape index (κ2) is 30.6. The molecule has 4 aliphatic rings. The summed E-state index contributed by atoms with van der Waals surface area (Å²) in [7, 11) is 2.85. The standard InChI is InChI=1S/C62H54O2S2.C36H30O4S2.C7H7Br.Mg.2H/c1-37-9-19-43(20-10-37)61(63,44-21-11-38(2)12-22-44)51-29-31-65-57(51)41-17-27-47-49-35-56-50(36-55(49)59(5,6)53(47)33-41)48-28-18-42(34-54(48)60(56,7)8)58-52(30-32-66-58)62(64,45-23-13-39(3)14-24-45)46-25-15-40(4)16-26-46;1-35(2)27-15-19(31-23(11-13-41-31)33(37)39-5)7-9-21(27)25-18-30-26(17-29(25)35)22-10-8-20(16-28(22)36(30,3)4)32-24(12-14-42-32)34(38)40-6;1-6-2-4-7(8)5-3-6;;;/h9-36,63-64H,1-8H3;7-18H,1-6H3;2-5H,1H3;;;/q;;;+2;2*-1. The van der Waals surface area contributed by atoms with Crippen LogP contribution in [0.15, 0.2) is 269 Å². The number of fused-ring (bicyclic) bond motifs is 12. The summed E-state index contributed by atoms with van der Waals surface area (Å²) in [5.74, 6) is -0.620. The van der Waals surface area contributed by atoms with Crippen molar-refractivity contribution in [1.82, 2.24) is 0 Å².